The largest absolute Gasteiger partial charge is 0.460 e. The second-order valence-corrected chi connectivity index (χ2v) is 5.96. The molecule has 0 aliphatic rings. The van der Waals surface area contributed by atoms with Gasteiger partial charge in [-0.2, -0.15) is 0 Å². The highest BCUT2D eigenvalue weighted by Crippen LogP contribution is 2.14. The highest BCUT2D eigenvalue weighted by molar-refractivity contribution is 8.25. The Balaban J connectivity index is 4.27. The van der Waals surface area contributed by atoms with Crippen molar-refractivity contribution in [3.8, 4) is 0 Å². The molecule has 0 aliphatic heterocycles. The van der Waals surface area contributed by atoms with Crippen molar-refractivity contribution in [2.45, 2.75) is 66.0 Å². The third-order valence-electron chi connectivity index (χ3n) is 2.08. The van der Waals surface area contributed by atoms with Crippen molar-refractivity contribution in [2.75, 3.05) is 0 Å². The fraction of sp³-hybridized carbons (Fsp3) is 0.714. The molecule has 0 N–H and O–H groups in total. The van der Waals surface area contributed by atoms with Gasteiger partial charge in [-0.25, -0.2) is 19.2 Å². The van der Waals surface area contributed by atoms with Gasteiger partial charge in [0.1, 0.15) is 0 Å². The zero-order valence-corrected chi connectivity index (χ0v) is 14.8. The molecule has 0 fully saturated rings. The minimum absolute atomic E-state index is 0.0910. The standard InChI is InChI=1S/C14H22O8S/c1-7(2)19-11(15)9(5)21-13(17)23-14(18)22-10(6)12(16)20-8(3)4/h7-10H,1-6H3/t9-,10+. The van der Waals surface area contributed by atoms with Gasteiger partial charge in [0.15, 0.2) is 12.2 Å². The van der Waals surface area contributed by atoms with Crippen LogP contribution in [0.5, 0.6) is 0 Å². The maximum Gasteiger partial charge on any atom is 0.379 e. The van der Waals surface area contributed by atoms with E-state index in [9.17, 15) is 19.2 Å². The van der Waals surface area contributed by atoms with Crippen molar-refractivity contribution in [1.29, 1.82) is 0 Å². The molecule has 0 radical (unpaired) electrons. The smallest absolute Gasteiger partial charge is 0.379 e. The van der Waals surface area contributed by atoms with Crippen LogP contribution in [0.4, 0.5) is 9.59 Å². The quantitative estimate of drug-likeness (QED) is 0.528. The van der Waals surface area contributed by atoms with Gasteiger partial charge in [-0.3, -0.25) is 0 Å². The minimum atomic E-state index is -1.16. The normalized spacial score (nSPS) is 13.2. The second kappa shape index (κ2) is 10.1. The highest BCUT2D eigenvalue weighted by atomic mass is 32.2. The third kappa shape index (κ3) is 9.77. The highest BCUT2D eigenvalue weighted by Gasteiger charge is 2.26. The van der Waals surface area contributed by atoms with E-state index in [4.69, 9.17) is 18.9 Å². The molecule has 8 nitrogen and oxygen atoms in total. The Kier molecular flexibility index (Phi) is 9.31. The van der Waals surface area contributed by atoms with Crippen molar-refractivity contribution in [3.63, 3.8) is 0 Å². The van der Waals surface area contributed by atoms with Gasteiger partial charge >= 0.3 is 22.5 Å². The molecule has 0 aromatic heterocycles. The lowest BCUT2D eigenvalue weighted by atomic mass is 10.4. The maximum absolute atomic E-state index is 11.5. The summed E-state index contributed by atoms with van der Waals surface area (Å²) in [4.78, 5) is 45.9. The maximum atomic E-state index is 11.5. The Morgan fingerprint density at radius 3 is 1.17 bits per heavy atom. The van der Waals surface area contributed by atoms with Gasteiger partial charge in [0.2, 0.25) is 0 Å². The minimum Gasteiger partial charge on any atom is -0.460 e. The van der Waals surface area contributed by atoms with Crippen LogP contribution >= 0.6 is 11.8 Å². The molecule has 0 spiro atoms. The van der Waals surface area contributed by atoms with E-state index in [-0.39, 0.29) is 24.0 Å². The number of thioether (sulfide) groups is 1. The summed E-state index contributed by atoms with van der Waals surface area (Å²) in [5.74, 6) is -1.45. The molecule has 2 atom stereocenters. The summed E-state index contributed by atoms with van der Waals surface area (Å²) in [6.45, 7) is 9.23. The van der Waals surface area contributed by atoms with E-state index in [1.807, 2.05) is 0 Å². The lowest BCUT2D eigenvalue weighted by Crippen LogP contribution is -2.29. The molecule has 0 saturated heterocycles. The molecule has 0 amide bonds. The summed E-state index contributed by atoms with van der Waals surface area (Å²) < 4.78 is 19.1. The zero-order chi connectivity index (χ0) is 18.2. The Morgan fingerprint density at radius 2 is 0.913 bits per heavy atom. The monoisotopic (exact) mass is 350 g/mol. The van der Waals surface area contributed by atoms with E-state index in [2.05, 4.69) is 0 Å². The first-order valence-corrected chi connectivity index (χ1v) is 7.84. The lowest BCUT2D eigenvalue weighted by Gasteiger charge is -2.15. The molecule has 0 aromatic rings. The fourth-order valence-electron chi connectivity index (χ4n) is 1.16. The molecule has 0 unspecified atom stereocenters. The van der Waals surface area contributed by atoms with Crippen LogP contribution < -0.4 is 0 Å². The SMILES string of the molecule is CC(C)OC(=O)[C@H](C)OC(=O)SC(=O)O[C@H](C)C(=O)OC(C)C. The van der Waals surface area contributed by atoms with Crippen LogP contribution in [0.15, 0.2) is 0 Å². The summed E-state index contributed by atoms with van der Waals surface area (Å²) in [6, 6.07) is 0. The molecular formula is C14H22O8S. The van der Waals surface area contributed by atoms with Crippen molar-refractivity contribution in [2.24, 2.45) is 0 Å². The van der Waals surface area contributed by atoms with Crippen LogP contribution in [0.1, 0.15) is 41.5 Å². The Labute approximate surface area is 139 Å². The number of rotatable bonds is 6. The molecule has 23 heavy (non-hydrogen) atoms. The summed E-state index contributed by atoms with van der Waals surface area (Å²) in [5, 5.41) is -2.07. The van der Waals surface area contributed by atoms with Gasteiger partial charge in [-0.1, -0.05) is 0 Å². The predicted octanol–water partition coefficient (Wildman–Crippen LogP) is 2.67. The molecule has 0 saturated carbocycles. The van der Waals surface area contributed by atoms with Crippen LogP contribution in [-0.2, 0) is 28.5 Å². The van der Waals surface area contributed by atoms with E-state index in [1.165, 1.54) is 13.8 Å². The van der Waals surface area contributed by atoms with Crippen LogP contribution in [0.3, 0.4) is 0 Å². The Bertz CT molecular complexity index is 406. The number of hydrogen-bond acceptors (Lipinski definition) is 9. The van der Waals surface area contributed by atoms with Crippen LogP contribution in [0.2, 0.25) is 0 Å². The first-order chi connectivity index (χ1) is 10.5. The number of carbonyl (C=O) groups is 4. The van der Waals surface area contributed by atoms with Gasteiger partial charge in [0.05, 0.1) is 24.0 Å². The van der Waals surface area contributed by atoms with E-state index in [0.717, 1.165) is 0 Å². The first kappa shape index (κ1) is 21.2. The van der Waals surface area contributed by atoms with Crippen LogP contribution in [0, 0.1) is 0 Å². The van der Waals surface area contributed by atoms with Crippen molar-refractivity contribution < 1.29 is 38.1 Å². The van der Waals surface area contributed by atoms with Gasteiger partial charge in [-0.05, 0) is 41.5 Å². The van der Waals surface area contributed by atoms with Gasteiger partial charge < -0.3 is 18.9 Å². The van der Waals surface area contributed by atoms with E-state index in [1.54, 1.807) is 27.7 Å². The number of ether oxygens (including phenoxy) is 4. The Hall–Kier alpha value is -1.77. The average molecular weight is 350 g/mol. The van der Waals surface area contributed by atoms with Crippen molar-refractivity contribution >= 4 is 34.3 Å². The number of esters is 2. The van der Waals surface area contributed by atoms with Crippen LogP contribution in [-0.4, -0.2) is 47.0 Å². The first-order valence-electron chi connectivity index (χ1n) is 7.03. The van der Waals surface area contributed by atoms with Crippen LogP contribution in [0.25, 0.3) is 0 Å². The summed E-state index contributed by atoms with van der Waals surface area (Å²) in [7, 11) is 0. The molecule has 0 bridgehead atoms. The molecule has 132 valence electrons. The predicted molar refractivity (Wildman–Crippen MR) is 81.9 cm³/mol. The molecule has 0 heterocycles. The van der Waals surface area contributed by atoms with E-state index in [0.29, 0.717) is 0 Å². The second-order valence-electron chi connectivity index (χ2n) is 5.09. The molecule has 0 aliphatic carbocycles. The van der Waals surface area contributed by atoms with E-state index >= 15 is 0 Å². The van der Waals surface area contributed by atoms with Crippen molar-refractivity contribution in [3.05, 3.63) is 0 Å². The van der Waals surface area contributed by atoms with Gasteiger partial charge in [0.25, 0.3) is 0 Å². The summed E-state index contributed by atoms with van der Waals surface area (Å²) in [5.41, 5.74) is 0. The van der Waals surface area contributed by atoms with Crippen molar-refractivity contribution in [1.82, 2.24) is 0 Å². The van der Waals surface area contributed by atoms with Gasteiger partial charge in [0, 0.05) is 0 Å². The van der Waals surface area contributed by atoms with E-state index < -0.39 is 34.7 Å². The summed E-state index contributed by atoms with van der Waals surface area (Å²) in [6.07, 6.45) is -3.02. The zero-order valence-electron chi connectivity index (χ0n) is 14.0. The topological polar surface area (TPSA) is 105 Å². The molecule has 0 aromatic carbocycles. The number of hydrogen-bond donors (Lipinski definition) is 0. The molecule has 0 rings (SSSR count). The fourth-order valence-corrected chi connectivity index (χ4v) is 1.68. The Morgan fingerprint density at radius 1 is 0.609 bits per heavy atom. The lowest BCUT2D eigenvalue weighted by molar-refractivity contribution is -0.156. The summed E-state index contributed by atoms with van der Waals surface area (Å²) >= 11 is 0.0910. The molecular weight excluding hydrogens is 328 g/mol. The number of carbonyl (C=O) groups excluding carboxylic acids is 4. The average Bonchev–Trinajstić information content (AvgIpc) is 2.36. The molecule has 9 heteroatoms. The third-order valence-corrected chi connectivity index (χ3v) is 2.61. The van der Waals surface area contributed by atoms with Gasteiger partial charge in [-0.15, -0.1) is 0 Å².